The van der Waals surface area contributed by atoms with Gasteiger partial charge in [-0.3, -0.25) is 0 Å². The van der Waals surface area contributed by atoms with Gasteiger partial charge in [0.1, 0.15) is 47.5 Å². The molecule has 8 nitrogen and oxygen atoms in total. The quantitative estimate of drug-likeness (QED) is 0.634. The number of nitrogens with two attached hydrogens (primary N) is 1. The summed E-state index contributed by atoms with van der Waals surface area (Å²) in [6.45, 7) is 5.15. The molecule has 31 heavy (non-hydrogen) atoms. The number of hydrogen-bond acceptors (Lipinski definition) is 7. The van der Waals surface area contributed by atoms with E-state index < -0.39 is 41.7 Å². The molecule has 0 amide bonds. The van der Waals surface area contributed by atoms with Gasteiger partial charge in [0.05, 0.1) is 10.4 Å². The fraction of sp³-hybridized carbons (Fsp3) is 0.429. The van der Waals surface area contributed by atoms with E-state index in [-0.39, 0.29) is 5.02 Å². The molecule has 2 saturated heterocycles. The third-order valence-corrected chi connectivity index (χ3v) is 6.21. The van der Waals surface area contributed by atoms with Crippen LogP contribution in [0.3, 0.4) is 0 Å². The van der Waals surface area contributed by atoms with E-state index >= 15 is 0 Å². The lowest BCUT2D eigenvalue weighted by Gasteiger charge is -2.34. The zero-order valence-electron chi connectivity index (χ0n) is 17.1. The lowest BCUT2D eigenvalue weighted by Crippen LogP contribution is -2.45. The number of nitrogen functional groups attached to an aromatic ring is 1. The number of nitrogens with zero attached hydrogens (tertiary/aromatic N) is 3. The van der Waals surface area contributed by atoms with Gasteiger partial charge in [0.2, 0.25) is 0 Å². The van der Waals surface area contributed by atoms with Gasteiger partial charge in [-0.05, 0) is 44.5 Å². The zero-order chi connectivity index (χ0) is 22.1. The number of aromatic nitrogens is 3. The van der Waals surface area contributed by atoms with Gasteiger partial charge in [0, 0.05) is 6.20 Å². The molecule has 0 unspecified atom stereocenters. The number of ether oxygens (including phenoxy) is 3. The van der Waals surface area contributed by atoms with Crippen molar-refractivity contribution < 1.29 is 23.7 Å². The molecular formula is C21H22ClFN4O4. The smallest absolute Gasteiger partial charge is 0.164 e. The Morgan fingerprint density at radius 2 is 1.97 bits per heavy atom. The highest BCUT2D eigenvalue weighted by Crippen LogP contribution is 2.49. The summed E-state index contributed by atoms with van der Waals surface area (Å²) in [5.74, 6) is -1.17. The average Bonchev–Trinajstić information content (AvgIpc) is 3.35. The highest BCUT2D eigenvalue weighted by atomic mass is 35.5. The van der Waals surface area contributed by atoms with Crippen molar-refractivity contribution in [1.29, 1.82) is 0 Å². The Morgan fingerprint density at radius 1 is 1.23 bits per heavy atom. The average molecular weight is 449 g/mol. The molecule has 2 aliphatic rings. The lowest BCUT2D eigenvalue weighted by molar-refractivity contribution is -0.221. The minimum atomic E-state index is -1.59. The molecule has 0 saturated carbocycles. The van der Waals surface area contributed by atoms with E-state index in [1.54, 1.807) is 43.7 Å². The Hall–Kier alpha value is -2.30. The van der Waals surface area contributed by atoms with Crippen LogP contribution in [0.4, 0.5) is 10.2 Å². The van der Waals surface area contributed by atoms with Crippen molar-refractivity contribution >= 4 is 28.5 Å². The van der Waals surface area contributed by atoms with E-state index in [9.17, 15) is 9.50 Å². The maximum Gasteiger partial charge on any atom is 0.164 e. The number of halogens is 2. The molecule has 0 aliphatic carbocycles. The van der Waals surface area contributed by atoms with E-state index in [0.717, 1.165) is 0 Å². The Labute approximate surface area is 182 Å². The summed E-state index contributed by atoms with van der Waals surface area (Å²) < 4.78 is 34.5. The number of fused-ring (bicyclic) bond motifs is 2. The molecule has 1 aromatic carbocycles. The fourth-order valence-electron chi connectivity index (χ4n) is 4.42. The summed E-state index contributed by atoms with van der Waals surface area (Å²) in [4.78, 5) is 8.35. The zero-order valence-corrected chi connectivity index (χ0v) is 17.9. The molecular weight excluding hydrogens is 427 g/mol. The van der Waals surface area contributed by atoms with Crippen molar-refractivity contribution in [1.82, 2.24) is 14.5 Å². The van der Waals surface area contributed by atoms with Crippen LogP contribution < -0.4 is 5.73 Å². The second kappa shape index (κ2) is 6.85. The molecule has 3 aromatic rings. The molecule has 0 bridgehead atoms. The van der Waals surface area contributed by atoms with Gasteiger partial charge in [-0.1, -0.05) is 17.7 Å². The Bertz CT molecular complexity index is 1170. The number of anilines is 1. The van der Waals surface area contributed by atoms with Crippen molar-refractivity contribution in [3.05, 3.63) is 53.2 Å². The SMILES string of the molecule is CC1(C)O[C@@H]2[C@H](O1)[C@@H]([C@](C)(O)c1ccc(Cl)c(F)c1)O[C@H]2n1ccc2c(N)ncnc21. The minimum Gasteiger partial charge on any atom is -0.383 e. The third kappa shape index (κ3) is 3.19. The van der Waals surface area contributed by atoms with Crippen LogP contribution in [0.25, 0.3) is 11.0 Å². The number of aliphatic hydroxyl groups is 1. The summed E-state index contributed by atoms with van der Waals surface area (Å²) in [7, 11) is 0. The molecule has 5 rings (SSSR count). The first-order valence-electron chi connectivity index (χ1n) is 9.84. The van der Waals surface area contributed by atoms with Crippen LogP contribution in [0, 0.1) is 5.82 Å². The molecule has 164 valence electrons. The van der Waals surface area contributed by atoms with Gasteiger partial charge in [0.15, 0.2) is 12.0 Å². The van der Waals surface area contributed by atoms with Crippen LogP contribution in [0.15, 0.2) is 36.8 Å². The highest BCUT2D eigenvalue weighted by molar-refractivity contribution is 6.30. The summed E-state index contributed by atoms with van der Waals surface area (Å²) in [5.41, 5.74) is 5.26. The predicted molar refractivity (Wildman–Crippen MR) is 111 cm³/mol. The molecule has 3 N–H and O–H groups in total. The Balaban J connectivity index is 1.58. The molecule has 2 fully saturated rings. The van der Waals surface area contributed by atoms with Gasteiger partial charge in [-0.2, -0.15) is 0 Å². The monoisotopic (exact) mass is 448 g/mol. The van der Waals surface area contributed by atoms with Crippen LogP contribution in [0.1, 0.15) is 32.6 Å². The van der Waals surface area contributed by atoms with Crippen LogP contribution >= 0.6 is 11.6 Å². The van der Waals surface area contributed by atoms with Gasteiger partial charge in [-0.25, -0.2) is 14.4 Å². The molecule has 2 aliphatic heterocycles. The van der Waals surface area contributed by atoms with E-state index in [2.05, 4.69) is 9.97 Å². The van der Waals surface area contributed by atoms with E-state index in [4.69, 9.17) is 31.5 Å². The maximum atomic E-state index is 14.1. The second-order valence-electron chi connectivity index (χ2n) is 8.51. The third-order valence-electron chi connectivity index (χ3n) is 5.90. The molecule has 2 aromatic heterocycles. The Kier molecular flexibility index (Phi) is 4.55. The van der Waals surface area contributed by atoms with Crippen molar-refractivity contribution in [2.75, 3.05) is 5.73 Å². The van der Waals surface area contributed by atoms with Gasteiger partial charge in [-0.15, -0.1) is 0 Å². The largest absolute Gasteiger partial charge is 0.383 e. The van der Waals surface area contributed by atoms with Crippen LogP contribution in [-0.4, -0.2) is 43.7 Å². The first kappa shape index (κ1) is 20.6. The molecule has 0 radical (unpaired) electrons. The van der Waals surface area contributed by atoms with Crippen molar-refractivity contribution in [3.63, 3.8) is 0 Å². The summed E-state index contributed by atoms with van der Waals surface area (Å²) in [6, 6.07) is 5.97. The standard InChI is InChI=1S/C21H22ClFN4O4/c1-20(2)30-14-15(31-20)19(27-7-6-11-17(24)25-9-26-18(11)27)29-16(14)21(3,28)10-4-5-12(22)13(23)8-10/h4-9,14-16,19,28H,1-3H3,(H2,24,25,26)/t14-,15+,16-,19+,21+/m0/s1. The van der Waals surface area contributed by atoms with Gasteiger partial charge < -0.3 is 29.6 Å². The van der Waals surface area contributed by atoms with Crippen LogP contribution in [0.2, 0.25) is 5.02 Å². The molecule has 5 atom stereocenters. The number of hydrogen-bond donors (Lipinski definition) is 2. The van der Waals surface area contributed by atoms with E-state index in [1.165, 1.54) is 18.5 Å². The van der Waals surface area contributed by atoms with Crippen molar-refractivity contribution in [2.24, 2.45) is 0 Å². The summed E-state index contributed by atoms with van der Waals surface area (Å²) in [6.07, 6.45) is 0.473. The molecule has 10 heteroatoms. The molecule has 4 heterocycles. The van der Waals surface area contributed by atoms with Gasteiger partial charge >= 0.3 is 0 Å². The summed E-state index contributed by atoms with van der Waals surface area (Å²) in [5, 5.41) is 12.1. The highest BCUT2D eigenvalue weighted by Gasteiger charge is 2.60. The van der Waals surface area contributed by atoms with Crippen LogP contribution in [-0.2, 0) is 19.8 Å². The minimum absolute atomic E-state index is 0.0275. The first-order valence-corrected chi connectivity index (χ1v) is 10.2. The van der Waals surface area contributed by atoms with Crippen molar-refractivity contribution in [3.8, 4) is 0 Å². The lowest BCUT2D eigenvalue weighted by atomic mass is 9.86. The topological polar surface area (TPSA) is 105 Å². The second-order valence-corrected chi connectivity index (χ2v) is 8.91. The first-order chi connectivity index (χ1) is 14.6. The van der Waals surface area contributed by atoms with E-state index in [1.807, 2.05) is 0 Å². The van der Waals surface area contributed by atoms with Gasteiger partial charge in [0.25, 0.3) is 0 Å². The maximum absolute atomic E-state index is 14.1. The molecule has 0 spiro atoms. The van der Waals surface area contributed by atoms with E-state index in [0.29, 0.717) is 22.4 Å². The normalized spacial score (nSPS) is 29.2. The number of rotatable bonds is 3. The fourth-order valence-corrected chi connectivity index (χ4v) is 4.54. The Morgan fingerprint density at radius 3 is 2.71 bits per heavy atom. The number of benzene rings is 1. The summed E-state index contributed by atoms with van der Waals surface area (Å²) >= 11 is 5.82. The van der Waals surface area contributed by atoms with Crippen molar-refractivity contribution in [2.45, 2.75) is 56.7 Å². The van der Waals surface area contributed by atoms with Crippen LogP contribution in [0.5, 0.6) is 0 Å². The predicted octanol–water partition coefficient (Wildman–Crippen LogP) is 3.13.